The fourth-order valence-electron chi connectivity index (χ4n) is 4.05. The average Bonchev–Trinajstić information content (AvgIpc) is 3.13. The zero-order valence-electron chi connectivity index (χ0n) is 16.3. The standard InChI is InChI=1S/C20H22ClF2N3O3S/c1-24-20(14-6-7-16(22)15(21)12-14)19(13-29-24)30(27,28)26-10-8-25(9-11-26)18-5-3-2-4-17(18)23/h2-7,12,19-20H,8-11,13H2,1H3/t19-,20-/m0/s1. The molecule has 2 aromatic carbocycles. The minimum atomic E-state index is -3.72. The molecule has 0 saturated carbocycles. The van der Waals surface area contributed by atoms with Gasteiger partial charge in [-0.3, -0.25) is 4.84 Å². The fourth-order valence-corrected chi connectivity index (χ4v) is 6.18. The number of benzene rings is 2. The number of halogens is 3. The normalized spacial score (nSPS) is 23.8. The van der Waals surface area contributed by atoms with E-state index in [0.29, 0.717) is 24.3 Å². The number of rotatable bonds is 4. The van der Waals surface area contributed by atoms with Crippen LogP contribution in [-0.4, -0.2) is 62.9 Å². The Kier molecular flexibility index (Phi) is 6.00. The smallest absolute Gasteiger partial charge is 0.221 e. The van der Waals surface area contributed by atoms with Crippen LogP contribution in [0.1, 0.15) is 11.6 Å². The van der Waals surface area contributed by atoms with E-state index in [4.69, 9.17) is 16.4 Å². The van der Waals surface area contributed by atoms with Crippen LogP contribution in [0.4, 0.5) is 14.5 Å². The Morgan fingerprint density at radius 1 is 1.03 bits per heavy atom. The van der Waals surface area contributed by atoms with E-state index in [1.807, 2.05) is 4.90 Å². The summed E-state index contributed by atoms with van der Waals surface area (Å²) in [4.78, 5) is 7.36. The summed E-state index contributed by atoms with van der Waals surface area (Å²) in [6, 6.07) is 10.0. The molecule has 0 radical (unpaired) electrons. The molecule has 162 valence electrons. The summed E-state index contributed by atoms with van der Waals surface area (Å²) in [6.45, 7) is 1.25. The Morgan fingerprint density at radius 2 is 1.73 bits per heavy atom. The topological polar surface area (TPSA) is 53.1 Å². The van der Waals surface area contributed by atoms with Gasteiger partial charge in [0.05, 0.1) is 23.4 Å². The molecule has 0 unspecified atom stereocenters. The lowest BCUT2D eigenvalue weighted by Gasteiger charge is -2.37. The second-order valence-corrected chi connectivity index (χ2v) is 9.94. The maximum atomic E-state index is 14.1. The zero-order valence-corrected chi connectivity index (χ0v) is 17.9. The highest BCUT2D eigenvalue weighted by Crippen LogP contribution is 2.36. The van der Waals surface area contributed by atoms with Crippen LogP contribution in [-0.2, 0) is 14.9 Å². The number of nitrogens with zero attached hydrogens (tertiary/aromatic N) is 3. The average molecular weight is 458 g/mol. The number of para-hydroxylation sites is 1. The number of hydrogen-bond donors (Lipinski definition) is 0. The van der Waals surface area contributed by atoms with Gasteiger partial charge in [-0.05, 0) is 29.8 Å². The van der Waals surface area contributed by atoms with Crippen LogP contribution in [0.15, 0.2) is 42.5 Å². The molecule has 0 aliphatic carbocycles. The maximum absolute atomic E-state index is 14.1. The highest BCUT2D eigenvalue weighted by atomic mass is 35.5. The van der Waals surface area contributed by atoms with Crippen LogP contribution in [0.5, 0.6) is 0 Å². The summed E-state index contributed by atoms with van der Waals surface area (Å²) in [5.74, 6) is -0.890. The van der Waals surface area contributed by atoms with E-state index >= 15 is 0 Å². The van der Waals surface area contributed by atoms with Crippen LogP contribution in [0.2, 0.25) is 5.02 Å². The van der Waals surface area contributed by atoms with Crippen LogP contribution < -0.4 is 4.90 Å². The summed E-state index contributed by atoms with van der Waals surface area (Å²) >= 11 is 5.91. The Bertz CT molecular complexity index is 1030. The predicted octanol–water partition coefficient (Wildman–Crippen LogP) is 3.06. The van der Waals surface area contributed by atoms with Gasteiger partial charge in [0.25, 0.3) is 0 Å². The van der Waals surface area contributed by atoms with Crippen molar-refractivity contribution in [1.82, 2.24) is 9.37 Å². The van der Waals surface area contributed by atoms with Gasteiger partial charge in [-0.2, -0.15) is 9.37 Å². The largest absolute Gasteiger partial charge is 0.367 e. The van der Waals surface area contributed by atoms with Gasteiger partial charge in [-0.1, -0.05) is 29.8 Å². The van der Waals surface area contributed by atoms with E-state index in [2.05, 4.69) is 0 Å². The Labute approximate surface area is 179 Å². The van der Waals surface area contributed by atoms with Crippen molar-refractivity contribution in [3.8, 4) is 0 Å². The molecule has 2 aromatic rings. The molecule has 2 fully saturated rings. The van der Waals surface area contributed by atoms with Crippen molar-refractivity contribution in [3.05, 3.63) is 64.7 Å². The van der Waals surface area contributed by atoms with E-state index in [0.717, 1.165) is 0 Å². The molecule has 0 bridgehead atoms. The van der Waals surface area contributed by atoms with E-state index in [9.17, 15) is 17.2 Å². The van der Waals surface area contributed by atoms with E-state index in [-0.39, 0.29) is 30.5 Å². The first-order valence-corrected chi connectivity index (χ1v) is 11.5. The first-order chi connectivity index (χ1) is 14.3. The van der Waals surface area contributed by atoms with Gasteiger partial charge in [-0.15, -0.1) is 0 Å². The summed E-state index contributed by atoms with van der Waals surface area (Å²) in [5, 5.41) is 0.549. The van der Waals surface area contributed by atoms with E-state index < -0.39 is 27.1 Å². The molecular formula is C20H22ClF2N3O3S. The minimum Gasteiger partial charge on any atom is -0.367 e. The summed E-state index contributed by atoms with van der Waals surface area (Å²) in [7, 11) is -2.07. The van der Waals surface area contributed by atoms with Crippen LogP contribution in [0.25, 0.3) is 0 Å². The van der Waals surface area contributed by atoms with Gasteiger partial charge in [0.2, 0.25) is 10.0 Å². The van der Waals surface area contributed by atoms with Crippen molar-refractivity contribution in [1.29, 1.82) is 0 Å². The van der Waals surface area contributed by atoms with Crippen molar-refractivity contribution in [2.75, 3.05) is 44.7 Å². The number of piperazine rings is 1. The second-order valence-electron chi connectivity index (χ2n) is 7.38. The van der Waals surface area contributed by atoms with Crippen LogP contribution in [0, 0.1) is 11.6 Å². The van der Waals surface area contributed by atoms with Crippen molar-refractivity contribution in [2.45, 2.75) is 11.3 Å². The molecule has 0 spiro atoms. The number of hydroxylamine groups is 2. The monoisotopic (exact) mass is 457 g/mol. The molecule has 0 aromatic heterocycles. The molecule has 6 nitrogen and oxygen atoms in total. The molecule has 10 heteroatoms. The fraction of sp³-hybridized carbons (Fsp3) is 0.400. The van der Waals surface area contributed by atoms with E-state index in [1.165, 1.54) is 33.6 Å². The van der Waals surface area contributed by atoms with Gasteiger partial charge >= 0.3 is 0 Å². The lowest BCUT2D eigenvalue weighted by Crippen LogP contribution is -2.52. The van der Waals surface area contributed by atoms with Crippen molar-refractivity contribution >= 4 is 27.3 Å². The third-order valence-corrected chi connectivity index (χ3v) is 8.18. The summed E-state index contributed by atoms with van der Waals surface area (Å²) in [6.07, 6.45) is 0. The van der Waals surface area contributed by atoms with Crippen LogP contribution in [0.3, 0.4) is 0 Å². The molecule has 4 rings (SSSR count). The summed E-state index contributed by atoms with van der Waals surface area (Å²) < 4.78 is 55.9. The van der Waals surface area contributed by atoms with E-state index in [1.54, 1.807) is 25.2 Å². The first-order valence-electron chi connectivity index (χ1n) is 9.58. The van der Waals surface area contributed by atoms with Gasteiger partial charge in [0.1, 0.15) is 16.9 Å². The van der Waals surface area contributed by atoms with Crippen LogP contribution >= 0.6 is 11.6 Å². The third kappa shape index (κ3) is 3.92. The van der Waals surface area contributed by atoms with Gasteiger partial charge in [-0.25, -0.2) is 17.2 Å². The molecule has 2 atom stereocenters. The van der Waals surface area contributed by atoms with Crippen molar-refractivity contribution < 1.29 is 22.0 Å². The second kappa shape index (κ2) is 8.39. The lowest BCUT2D eigenvalue weighted by atomic mass is 10.0. The Hall–Kier alpha value is -1.78. The predicted molar refractivity (Wildman–Crippen MR) is 111 cm³/mol. The maximum Gasteiger partial charge on any atom is 0.221 e. The van der Waals surface area contributed by atoms with Crippen molar-refractivity contribution in [3.63, 3.8) is 0 Å². The highest BCUT2D eigenvalue weighted by Gasteiger charge is 2.46. The lowest BCUT2D eigenvalue weighted by molar-refractivity contribution is -0.110. The Morgan fingerprint density at radius 3 is 2.40 bits per heavy atom. The summed E-state index contributed by atoms with van der Waals surface area (Å²) in [5.41, 5.74) is 1.04. The molecule has 0 amide bonds. The zero-order chi connectivity index (χ0) is 21.5. The number of anilines is 1. The minimum absolute atomic E-state index is 0.00791. The highest BCUT2D eigenvalue weighted by molar-refractivity contribution is 7.89. The molecule has 2 saturated heterocycles. The number of sulfonamides is 1. The van der Waals surface area contributed by atoms with Gasteiger partial charge in [0, 0.05) is 33.2 Å². The molecule has 2 aliphatic rings. The molecule has 0 N–H and O–H groups in total. The first kappa shape index (κ1) is 21.5. The van der Waals surface area contributed by atoms with Crippen molar-refractivity contribution in [2.24, 2.45) is 0 Å². The molecule has 30 heavy (non-hydrogen) atoms. The van der Waals surface area contributed by atoms with Gasteiger partial charge < -0.3 is 4.90 Å². The SMILES string of the molecule is CN1OC[C@H](S(=O)(=O)N2CCN(c3ccccc3F)CC2)[C@@H]1c1ccc(F)c(Cl)c1. The number of hydrogen-bond acceptors (Lipinski definition) is 5. The molecule has 2 heterocycles. The third-order valence-electron chi connectivity index (χ3n) is 5.65. The quantitative estimate of drug-likeness (QED) is 0.706. The molecule has 2 aliphatic heterocycles. The Balaban J connectivity index is 1.53. The molecular weight excluding hydrogens is 436 g/mol. The van der Waals surface area contributed by atoms with Gasteiger partial charge in [0.15, 0.2) is 0 Å².